The van der Waals surface area contributed by atoms with E-state index in [1.54, 1.807) is 0 Å². The van der Waals surface area contributed by atoms with Gasteiger partial charge in [0.25, 0.3) is 0 Å². The minimum Gasteiger partial charge on any atom is -0.508 e. The van der Waals surface area contributed by atoms with Crippen LogP contribution in [0.2, 0.25) is 0 Å². The molecule has 5 nitrogen and oxygen atoms in total. The third-order valence-corrected chi connectivity index (χ3v) is 6.14. The quantitative estimate of drug-likeness (QED) is 0.326. The number of aromatic hydroxyl groups is 3. The van der Waals surface area contributed by atoms with Crippen LogP contribution in [0.3, 0.4) is 0 Å². The molecule has 0 saturated heterocycles. The first kappa shape index (κ1) is 22.9. The zero-order chi connectivity index (χ0) is 22.4. The highest BCUT2D eigenvalue weighted by atomic mass is 16.3. The van der Waals surface area contributed by atoms with Crippen molar-refractivity contribution in [2.45, 2.75) is 77.6 Å². The molecule has 0 radical (unpaired) electrons. The Hall–Kier alpha value is -2.82. The maximum absolute atomic E-state index is 13.1. The van der Waals surface area contributed by atoms with Gasteiger partial charge < -0.3 is 15.3 Å². The molecule has 3 N–H and O–H groups in total. The zero-order valence-electron chi connectivity index (χ0n) is 18.2. The summed E-state index contributed by atoms with van der Waals surface area (Å²) in [7, 11) is 0. The molecule has 0 unspecified atom stereocenters. The predicted octanol–water partition coefficient (Wildman–Crippen LogP) is 6.04. The fourth-order valence-corrected chi connectivity index (χ4v) is 4.45. The van der Waals surface area contributed by atoms with Crippen LogP contribution in [0, 0.1) is 0 Å². The molecule has 31 heavy (non-hydrogen) atoms. The van der Waals surface area contributed by atoms with Gasteiger partial charge in [-0.25, -0.2) is 0 Å². The number of ketones is 2. The van der Waals surface area contributed by atoms with Crippen molar-refractivity contribution in [1.82, 2.24) is 0 Å². The third-order valence-electron chi connectivity index (χ3n) is 6.14. The molecule has 0 aromatic heterocycles. The van der Waals surface area contributed by atoms with E-state index in [0.717, 1.165) is 25.3 Å². The van der Waals surface area contributed by atoms with Crippen molar-refractivity contribution < 1.29 is 24.9 Å². The zero-order valence-corrected chi connectivity index (χ0v) is 18.2. The number of phenols is 3. The molecule has 0 spiro atoms. The van der Waals surface area contributed by atoms with Gasteiger partial charge in [0, 0.05) is 22.8 Å². The molecule has 1 aliphatic carbocycles. The Bertz CT molecular complexity index is 961. The highest BCUT2D eigenvalue weighted by Gasteiger charge is 2.36. The Morgan fingerprint density at radius 1 is 0.645 bits per heavy atom. The molecule has 5 heteroatoms. The van der Waals surface area contributed by atoms with Crippen molar-refractivity contribution >= 4 is 11.6 Å². The van der Waals surface area contributed by atoms with E-state index in [1.165, 1.54) is 63.1 Å². The van der Waals surface area contributed by atoms with Crippen LogP contribution in [0.15, 0.2) is 24.3 Å². The summed E-state index contributed by atoms with van der Waals surface area (Å²) in [6.45, 7) is 2.22. The topological polar surface area (TPSA) is 94.8 Å². The average Bonchev–Trinajstić information content (AvgIpc) is 2.74. The molecule has 0 fully saturated rings. The second-order valence-electron chi connectivity index (χ2n) is 8.43. The van der Waals surface area contributed by atoms with Gasteiger partial charge in [-0.2, -0.15) is 0 Å². The van der Waals surface area contributed by atoms with E-state index in [4.69, 9.17) is 0 Å². The fourth-order valence-electron chi connectivity index (χ4n) is 4.45. The number of carbonyl (C=O) groups excluding carboxylic acids is 2. The highest BCUT2D eigenvalue weighted by molar-refractivity contribution is 6.30. The summed E-state index contributed by atoms with van der Waals surface area (Å²) in [4.78, 5) is 26.1. The first-order valence-corrected chi connectivity index (χ1v) is 11.5. The summed E-state index contributed by atoms with van der Waals surface area (Å²) >= 11 is 0. The van der Waals surface area contributed by atoms with Gasteiger partial charge in [-0.1, -0.05) is 76.8 Å². The van der Waals surface area contributed by atoms with Gasteiger partial charge in [0.1, 0.15) is 17.2 Å². The smallest absolute Gasteiger partial charge is 0.201 e. The van der Waals surface area contributed by atoms with Crippen molar-refractivity contribution in [3.63, 3.8) is 0 Å². The molecule has 166 valence electrons. The van der Waals surface area contributed by atoms with Crippen LogP contribution in [0.25, 0.3) is 0 Å². The van der Waals surface area contributed by atoms with Crippen molar-refractivity contribution in [2.24, 2.45) is 0 Å². The minimum absolute atomic E-state index is 0.0662. The molecule has 0 atom stereocenters. The Labute approximate surface area is 183 Å². The lowest BCUT2D eigenvalue weighted by molar-refractivity contribution is 0.0973. The molecule has 0 amide bonds. The highest BCUT2D eigenvalue weighted by Crippen LogP contribution is 2.41. The monoisotopic (exact) mass is 424 g/mol. The lowest BCUT2D eigenvalue weighted by Crippen LogP contribution is -2.23. The first-order chi connectivity index (χ1) is 15.0. The van der Waals surface area contributed by atoms with Crippen LogP contribution in [0.4, 0.5) is 0 Å². The number of hydrogen-bond acceptors (Lipinski definition) is 5. The number of fused-ring (bicyclic) bond motifs is 2. The van der Waals surface area contributed by atoms with Gasteiger partial charge in [0.15, 0.2) is 5.78 Å². The maximum Gasteiger partial charge on any atom is 0.201 e. The van der Waals surface area contributed by atoms with Crippen molar-refractivity contribution in [2.75, 3.05) is 0 Å². The van der Waals surface area contributed by atoms with Crippen molar-refractivity contribution in [1.29, 1.82) is 0 Å². The second-order valence-corrected chi connectivity index (χ2v) is 8.43. The van der Waals surface area contributed by atoms with Gasteiger partial charge in [-0.15, -0.1) is 0 Å². The first-order valence-electron chi connectivity index (χ1n) is 11.5. The van der Waals surface area contributed by atoms with Crippen LogP contribution in [-0.4, -0.2) is 26.9 Å². The lowest BCUT2D eigenvalue weighted by atomic mass is 9.79. The van der Waals surface area contributed by atoms with E-state index in [1.807, 2.05) is 0 Å². The summed E-state index contributed by atoms with van der Waals surface area (Å²) < 4.78 is 0. The molecule has 0 bridgehead atoms. The summed E-state index contributed by atoms with van der Waals surface area (Å²) in [6, 6.07) is 5.47. The van der Waals surface area contributed by atoms with Crippen molar-refractivity contribution in [3.05, 3.63) is 52.1 Å². The molecule has 0 saturated carbocycles. The number of rotatable bonds is 11. The van der Waals surface area contributed by atoms with Crippen LogP contribution < -0.4 is 0 Å². The van der Waals surface area contributed by atoms with Gasteiger partial charge in [0.2, 0.25) is 5.78 Å². The molecule has 2 aromatic rings. The van der Waals surface area contributed by atoms with Crippen molar-refractivity contribution in [3.8, 4) is 17.2 Å². The Morgan fingerprint density at radius 3 is 1.90 bits per heavy atom. The van der Waals surface area contributed by atoms with Gasteiger partial charge in [0.05, 0.1) is 11.1 Å². The summed E-state index contributed by atoms with van der Waals surface area (Å²) in [5.41, 5.74) is 0.354. The average molecular weight is 425 g/mol. The SMILES string of the molecule is CCCCCCCCCCCCc1c(O)cc(O)c2c1C(=O)c1cccc(O)c1C2=O. The van der Waals surface area contributed by atoms with Gasteiger partial charge in [-0.3, -0.25) is 9.59 Å². The Morgan fingerprint density at radius 2 is 1.26 bits per heavy atom. The molecular formula is C26H32O5. The second kappa shape index (κ2) is 10.5. The van der Waals surface area contributed by atoms with E-state index >= 15 is 0 Å². The standard InChI is InChI=1S/C26H32O5/c1-2-3-4-5-6-7-8-9-10-11-13-17-20(28)16-21(29)24-23(17)25(30)18-14-12-15-19(27)22(18)26(24)31/h12,14-16,27-29H,2-11,13H2,1H3. The van der Waals surface area contributed by atoms with E-state index in [-0.39, 0.29) is 33.8 Å². The molecule has 2 aromatic carbocycles. The number of hydrogen-bond donors (Lipinski definition) is 3. The molecule has 3 rings (SSSR count). The molecular weight excluding hydrogens is 392 g/mol. The summed E-state index contributed by atoms with van der Waals surface area (Å²) in [5.74, 6) is -1.94. The van der Waals surface area contributed by atoms with E-state index < -0.39 is 17.3 Å². The minimum atomic E-state index is -0.593. The normalized spacial score (nSPS) is 12.7. The number of benzene rings is 2. The lowest BCUT2D eigenvalue weighted by Gasteiger charge is -2.22. The van der Waals surface area contributed by atoms with E-state index in [2.05, 4.69) is 6.92 Å². The molecule has 0 aliphatic heterocycles. The van der Waals surface area contributed by atoms with E-state index in [9.17, 15) is 24.9 Å². The van der Waals surface area contributed by atoms with Crippen LogP contribution >= 0.6 is 0 Å². The van der Waals surface area contributed by atoms with Crippen LogP contribution in [0.5, 0.6) is 17.2 Å². The van der Waals surface area contributed by atoms with Crippen LogP contribution in [0.1, 0.15) is 109 Å². The Balaban J connectivity index is 1.67. The fraction of sp³-hybridized carbons (Fsp3) is 0.462. The third kappa shape index (κ3) is 4.92. The van der Waals surface area contributed by atoms with Gasteiger partial charge >= 0.3 is 0 Å². The van der Waals surface area contributed by atoms with Crippen LogP contribution in [-0.2, 0) is 6.42 Å². The number of phenolic OH excluding ortho intramolecular Hbond substituents is 3. The largest absolute Gasteiger partial charge is 0.508 e. The Kier molecular flexibility index (Phi) is 7.72. The molecule has 0 heterocycles. The number of carbonyl (C=O) groups is 2. The summed E-state index contributed by atoms with van der Waals surface area (Å²) in [5, 5.41) is 30.8. The number of unbranched alkanes of at least 4 members (excludes halogenated alkanes) is 9. The maximum atomic E-state index is 13.1. The van der Waals surface area contributed by atoms with E-state index in [0.29, 0.717) is 12.0 Å². The summed E-state index contributed by atoms with van der Waals surface area (Å²) in [6.07, 6.45) is 12.2. The molecule has 1 aliphatic rings. The predicted molar refractivity (Wildman–Crippen MR) is 120 cm³/mol. The van der Waals surface area contributed by atoms with Gasteiger partial charge in [-0.05, 0) is 18.9 Å².